The van der Waals surface area contributed by atoms with Gasteiger partial charge in [-0.15, -0.1) is 0 Å². The highest BCUT2D eigenvalue weighted by atomic mass is 16.5. The summed E-state index contributed by atoms with van der Waals surface area (Å²) in [6.45, 7) is 0.220. The highest BCUT2D eigenvalue weighted by Gasteiger charge is 2.32. The predicted molar refractivity (Wildman–Crippen MR) is 80.3 cm³/mol. The van der Waals surface area contributed by atoms with Crippen molar-refractivity contribution in [3.63, 3.8) is 0 Å². The lowest BCUT2D eigenvalue weighted by molar-refractivity contribution is -0.131. The standard InChI is InChI=1S/C17H21NO4/c19-10-11-5-7-13(8-6-11)18-16(20)15-9-12-3-1-2-4-14(12)17(21)22-15/h1-4,11,13,15,19H,5-10H2,(H,18,20)/t11?,13?,15-/m0/s1. The number of aliphatic hydroxyl groups excluding tert-OH is 1. The van der Waals surface area contributed by atoms with E-state index >= 15 is 0 Å². The zero-order valence-electron chi connectivity index (χ0n) is 12.5. The molecule has 5 heteroatoms. The van der Waals surface area contributed by atoms with Crippen LogP contribution < -0.4 is 5.32 Å². The van der Waals surface area contributed by atoms with Gasteiger partial charge in [-0.1, -0.05) is 18.2 Å². The summed E-state index contributed by atoms with van der Waals surface area (Å²) in [4.78, 5) is 24.3. The van der Waals surface area contributed by atoms with Gasteiger partial charge >= 0.3 is 5.97 Å². The van der Waals surface area contributed by atoms with Crippen LogP contribution in [-0.2, 0) is 16.0 Å². The van der Waals surface area contributed by atoms with Gasteiger partial charge in [-0.25, -0.2) is 4.79 Å². The Bertz CT molecular complexity index is 564. The first-order valence-electron chi connectivity index (χ1n) is 7.87. The Morgan fingerprint density at radius 1 is 1.23 bits per heavy atom. The molecule has 1 aliphatic heterocycles. The van der Waals surface area contributed by atoms with Gasteiger partial charge < -0.3 is 15.2 Å². The smallest absolute Gasteiger partial charge is 0.339 e. The second kappa shape index (κ2) is 6.48. The van der Waals surface area contributed by atoms with Crippen LogP contribution in [-0.4, -0.2) is 35.7 Å². The monoisotopic (exact) mass is 303 g/mol. The van der Waals surface area contributed by atoms with Gasteiger partial charge in [0.1, 0.15) is 0 Å². The Balaban J connectivity index is 1.59. The van der Waals surface area contributed by atoms with Gasteiger partial charge in [0, 0.05) is 19.1 Å². The molecule has 0 radical (unpaired) electrons. The van der Waals surface area contributed by atoms with Crippen molar-refractivity contribution in [1.82, 2.24) is 5.32 Å². The number of rotatable bonds is 3. The summed E-state index contributed by atoms with van der Waals surface area (Å²) in [5.74, 6) is -0.283. The highest BCUT2D eigenvalue weighted by molar-refractivity contribution is 5.95. The molecule has 22 heavy (non-hydrogen) atoms. The van der Waals surface area contributed by atoms with E-state index in [2.05, 4.69) is 5.32 Å². The third-order valence-corrected chi connectivity index (χ3v) is 4.64. The first-order chi connectivity index (χ1) is 10.7. The molecule has 1 aromatic carbocycles. The van der Waals surface area contributed by atoms with E-state index in [0.29, 0.717) is 17.9 Å². The topological polar surface area (TPSA) is 75.6 Å². The van der Waals surface area contributed by atoms with E-state index in [-0.39, 0.29) is 18.6 Å². The second-order valence-corrected chi connectivity index (χ2v) is 6.16. The van der Waals surface area contributed by atoms with Crippen molar-refractivity contribution in [2.45, 2.75) is 44.2 Å². The van der Waals surface area contributed by atoms with Gasteiger partial charge in [0.2, 0.25) is 0 Å². The SMILES string of the molecule is O=C1O[C@H](C(=O)NC2CCC(CO)CC2)Cc2ccccc21. The molecule has 3 rings (SSSR count). The molecule has 5 nitrogen and oxygen atoms in total. The Hall–Kier alpha value is -1.88. The lowest BCUT2D eigenvalue weighted by atomic mass is 9.86. The number of carbonyl (C=O) groups excluding carboxylic acids is 2. The molecular formula is C17H21NO4. The fourth-order valence-electron chi connectivity index (χ4n) is 3.26. The number of aliphatic hydroxyl groups is 1. The Morgan fingerprint density at radius 3 is 2.68 bits per heavy atom. The first kappa shape index (κ1) is 15.0. The molecule has 1 saturated carbocycles. The number of carbonyl (C=O) groups is 2. The van der Waals surface area contributed by atoms with E-state index in [1.54, 1.807) is 12.1 Å². The number of fused-ring (bicyclic) bond motifs is 1. The summed E-state index contributed by atoms with van der Waals surface area (Å²) in [5, 5.41) is 12.1. The predicted octanol–water partition coefficient (Wildman–Crippen LogP) is 1.44. The van der Waals surface area contributed by atoms with Crippen molar-refractivity contribution in [3.8, 4) is 0 Å². The van der Waals surface area contributed by atoms with E-state index in [1.165, 1.54) is 0 Å². The summed E-state index contributed by atoms with van der Waals surface area (Å²) in [6.07, 6.45) is 3.28. The van der Waals surface area contributed by atoms with Crippen molar-refractivity contribution in [3.05, 3.63) is 35.4 Å². The van der Waals surface area contributed by atoms with Crippen LogP contribution in [0.5, 0.6) is 0 Å². The Morgan fingerprint density at radius 2 is 1.95 bits per heavy atom. The number of esters is 1. The van der Waals surface area contributed by atoms with Crippen LogP contribution in [0.2, 0.25) is 0 Å². The average molecular weight is 303 g/mol. The normalized spacial score (nSPS) is 27.7. The molecule has 0 saturated heterocycles. The van der Waals surface area contributed by atoms with Crippen LogP contribution in [0.15, 0.2) is 24.3 Å². The maximum absolute atomic E-state index is 12.3. The summed E-state index contributed by atoms with van der Waals surface area (Å²) in [6, 6.07) is 7.36. The van der Waals surface area contributed by atoms with Crippen LogP contribution in [0.4, 0.5) is 0 Å². The van der Waals surface area contributed by atoms with Crippen molar-refractivity contribution < 1.29 is 19.4 Å². The molecule has 0 bridgehead atoms. The fraction of sp³-hybridized carbons (Fsp3) is 0.529. The van der Waals surface area contributed by atoms with Crippen molar-refractivity contribution in [2.75, 3.05) is 6.61 Å². The average Bonchev–Trinajstić information content (AvgIpc) is 2.55. The summed E-state index contributed by atoms with van der Waals surface area (Å²) >= 11 is 0. The number of nitrogens with one attached hydrogen (secondary N) is 1. The minimum atomic E-state index is -0.738. The number of hydrogen-bond acceptors (Lipinski definition) is 4. The second-order valence-electron chi connectivity index (χ2n) is 6.16. The van der Waals surface area contributed by atoms with Crippen molar-refractivity contribution >= 4 is 11.9 Å². The fourth-order valence-corrected chi connectivity index (χ4v) is 3.26. The van der Waals surface area contributed by atoms with Crippen molar-refractivity contribution in [2.24, 2.45) is 5.92 Å². The van der Waals surface area contributed by atoms with Crippen LogP contribution in [0.1, 0.15) is 41.6 Å². The number of ether oxygens (including phenoxy) is 1. The first-order valence-corrected chi connectivity index (χ1v) is 7.87. The van der Waals surface area contributed by atoms with Crippen LogP contribution in [0.3, 0.4) is 0 Å². The van der Waals surface area contributed by atoms with Gasteiger partial charge in [0.25, 0.3) is 5.91 Å². The van der Waals surface area contributed by atoms with Crippen molar-refractivity contribution in [1.29, 1.82) is 0 Å². The number of cyclic esters (lactones) is 1. The van der Waals surface area contributed by atoms with E-state index in [9.17, 15) is 9.59 Å². The van der Waals surface area contributed by atoms with E-state index in [0.717, 1.165) is 31.2 Å². The molecule has 0 aromatic heterocycles. The number of amides is 1. The summed E-state index contributed by atoms with van der Waals surface area (Å²) < 4.78 is 5.27. The van der Waals surface area contributed by atoms with Gasteiger partial charge in [0.15, 0.2) is 6.10 Å². The lowest BCUT2D eigenvalue weighted by Gasteiger charge is -2.30. The largest absolute Gasteiger partial charge is 0.448 e. The van der Waals surface area contributed by atoms with Crippen LogP contribution in [0, 0.1) is 5.92 Å². The van der Waals surface area contributed by atoms with E-state index < -0.39 is 12.1 Å². The molecule has 2 aliphatic rings. The molecule has 1 heterocycles. The lowest BCUT2D eigenvalue weighted by Crippen LogP contribution is -2.47. The molecule has 118 valence electrons. The molecule has 1 aliphatic carbocycles. The molecule has 1 fully saturated rings. The molecule has 1 atom stereocenters. The summed E-state index contributed by atoms with van der Waals surface area (Å²) in [5.41, 5.74) is 1.41. The van der Waals surface area contributed by atoms with Gasteiger partial charge in [0.05, 0.1) is 5.56 Å². The minimum Gasteiger partial charge on any atom is -0.448 e. The van der Waals surface area contributed by atoms with Crippen LogP contribution in [0.25, 0.3) is 0 Å². The van der Waals surface area contributed by atoms with Gasteiger partial charge in [-0.05, 0) is 43.2 Å². The maximum Gasteiger partial charge on any atom is 0.339 e. The molecule has 2 N–H and O–H groups in total. The third kappa shape index (κ3) is 3.14. The Kier molecular flexibility index (Phi) is 4.43. The van der Waals surface area contributed by atoms with E-state index in [4.69, 9.17) is 9.84 Å². The van der Waals surface area contributed by atoms with E-state index in [1.807, 2.05) is 12.1 Å². The molecule has 0 unspecified atom stereocenters. The number of benzene rings is 1. The van der Waals surface area contributed by atoms with Gasteiger partial charge in [-0.2, -0.15) is 0 Å². The zero-order valence-corrected chi connectivity index (χ0v) is 12.5. The zero-order chi connectivity index (χ0) is 15.5. The molecule has 1 aromatic rings. The highest BCUT2D eigenvalue weighted by Crippen LogP contribution is 2.25. The molecule has 1 amide bonds. The Labute approximate surface area is 129 Å². The maximum atomic E-state index is 12.3. The summed E-state index contributed by atoms with van der Waals surface area (Å²) in [7, 11) is 0. The quantitative estimate of drug-likeness (QED) is 0.828. The van der Waals surface area contributed by atoms with Gasteiger partial charge in [-0.3, -0.25) is 4.79 Å². The number of hydrogen-bond donors (Lipinski definition) is 2. The minimum absolute atomic E-state index is 0.117. The molecular weight excluding hydrogens is 282 g/mol. The van der Waals surface area contributed by atoms with Crippen LogP contribution >= 0.6 is 0 Å². The third-order valence-electron chi connectivity index (χ3n) is 4.64. The molecule has 0 spiro atoms.